The van der Waals surface area contributed by atoms with E-state index in [0.29, 0.717) is 17.0 Å². The number of halogens is 7. The summed E-state index contributed by atoms with van der Waals surface area (Å²) in [5, 5.41) is 2.33. The number of anilines is 2. The van der Waals surface area contributed by atoms with Crippen LogP contribution in [0.4, 0.5) is 42.1 Å². The van der Waals surface area contributed by atoms with E-state index >= 15 is 0 Å². The molecule has 1 amide bonds. The van der Waals surface area contributed by atoms with Gasteiger partial charge in [-0.15, -0.1) is 0 Å². The molecule has 0 aromatic heterocycles. The van der Waals surface area contributed by atoms with Crippen LogP contribution in [0.15, 0.2) is 41.3 Å². The predicted octanol–water partition coefficient (Wildman–Crippen LogP) is 4.77. The molecule has 1 aliphatic rings. The summed E-state index contributed by atoms with van der Waals surface area (Å²) in [4.78, 5) is 13.8. The number of rotatable bonds is 7. The molecule has 3 atom stereocenters. The molecule has 15 heteroatoms. The third-order valence-corrected chi connectivity index (χ3v) is 6.79. The number of nitrogens with zero attached hydrogens (tertiary/aromatic N) is 1. The zero-order chi connectivity index (χ0) is 27.1. The highest BCUT2D eigenvalue weighted by molar-refractivity contribution is 7.91. The van der Waals surface area contributed by atoms with E-state index in [0.717, 1.165) is 13.4 Å². The van der Waals surface area contributed by atoms with Crippen molar-refractivity contribution in [2.24, 2.45) is 0 Å². The van der Waals surface area contributed by atoms with Crippen molar-refractivity contribution in [3.05, 3.63) is 48.0 Å². The summed E-state index contributed by atoms with van der Waals surface area (Å²) in [6.45, 7) is -4.79. The highest BCUT2D eigenvalue weighted by Gasteiger charge is 2.63. The van der Waals surface area contributed by atoms with E-state index in [1.807, 2.05) is 0 Å². The highest BCUT2D eigenvalue weighted by Crippen LogP contribution is 2.47. The summed E-state index contributed by atoms with van der Waals surface area (Å²) in [5.74, 6) is -5.94. The molecule has 36 heavy (non-hydrogen) atoms. The number of ether oxygens (including phenoxy) is 2. The average Bonchev–Trinajstić information content (AvgIpc) is 3.18. The van der Waals surface area contributed by atoms with Crippen LogP contribution < -0.4 is 15.0 Å². The molecule has 1 saturated heterocycles. The van der Waals surface area contributed by atoms with E-state index in [9.17, 15) is 39.7 Å². The number of benzene rings is 2. The maximum atomic E-state index is 14.4. The van der Waals surface area contributed by atoms with Crippen molar-refractivity contribution in [2.75, 3.05) is 30.1 Å². The number of hydrogen-bond acceptors (Lipinski definition) is 6. The Kier molecular flexibility index (Phi) is 7.46. The average molecular weight is 543 g/mol. The van der Waals surface area contributed by atoms with Crippen LogP contribution in [0.1, 0.15) is 6.42 Å². The second kappa shape index (κ2) is 9.76. The molecule has 2 aromatic rings. The van der Waals surface area contributed by atoms with Crippen molar-refractivity contribution in [3.63, 3.8) is 0 Å². The number of carbonyl (C=O) groups excluding carboxylic acids is 1. The molecular weight excluding hydrogens is 523 g/mol. The topological polar surface area (TPSA) is 91.7 Å². The van der Waals surface area contributed by atoms with E-state index < -0.39 is 76.1 Å². The second-order valence-electron chi connectivity index (χ2n) is 7.99. The van der Waals surface area contributed by atoms with Gasteiger partial charge in [-0.1, -0.05) is 6.07 Å². The van der Waals surface area contributed by atoms with Crippen LogP contribution >= 0.6 is 0 Å². The van der Waals surface area contributed by atoms with Crippen LogP contribution in [0, 0.1) is 16.4 Å². The molecule has 7 nitrogen and oxygen atoms in total. The first kappa shape index (κ1) is 27.5. The molecule has 0 aliphatic carbocycles. The molecule has 2 N–H and O–H groups in total. The lowest BCUT2D eigenvalue weighted by Gasteiger charge is -2.31. The van der Waals surface area contributed by atoms with Gasteiger partial charge in [0.05, 0.1) is 22.0 Å². The Balaban J connectivity index is 2.09. The van der Waals surface area contributed by atoms with Gasteiger partial charge >= 0.3 is 12.8 Å². The van der Waals surface area contributed by atoms with Crippen LogP contribution in [-0.4, -0.2) is 54.5 Å². The maximum Gasteiger partial charge on any atom is 0.419 e. The molecular formula is C21H20F7N3O4S. The van der Waals surface area contributed by atoms with E-state index in [2.05, 4.69) is 10.1 Å². The summed E-state index contributed by atoms with van der Waals surface area (Å²) < 4.78 is 124. The monoisotopic (exact) mass is 543 g/mol. The second-order valence-corrected chi connectivity index (χ2v) is 10.2. The number of nitrogens with one attached hydrogen (secondary N) is 2. The lowest BCUT2D eigenvalue weighted by Crippen LogP contribution is -2.49. The van der Waals surface area contributed by atoms with Crippen molar-refractivity contribution in [2.45, 2.75) is 35.7 Å². The maximum absolute atomic E-state index is 14.4. The predicted molar refractivity (Wildman–Crippen MR) is 115 cm³/mol. The van der Waals surface area contributed by atoms with Gasteiger partial charge in [-0.25, -0.2) is 13.4 Å². The Morgan fingerprint density at radius 3 is 2.47 bits per heavy atom. The quantitative estimate of drug-likeness (QED) is 0.492. The third kappa shape index (κ3) is 5.36. The van der Waals surface area contributed by atoms with Crippen molar-refractivity contribution in [1.82, 2.24) is 0 Å². The lowest BCUT2D eigenvalue weighted by molar-refractivity contribution is -0.261. The summed E-state index contributed by atoms with van der Waals surface area (Å²) in [7, 11) is -2.46. The van der Waals surface area contributed by atoms with Crippen molar-refractivity contribution in [3.8, 4) is 5.75 Å². The standard InChI is InChI=1S/C21H20F7N3O4S/c1-34-20(21(26,27)28)9-15(18(32)30-11-4-3-5-12(8-11)36(2,29)33)31(10-20)14-7-6-13(22)16(23)17(14)35-19(24)25/h3-8,15,19,29H,9-10H2,1-2H3,(H,30,32)/t15?,20?,36-/m1/s1. The van der Waals surface area contributed by atoms with Gasteiger partial charge in [0.2, 0.25) is 11.7 Å². The molecule has 0 spiro atoms. The van der Waals surface area contributed by atoms with Gasteiger partial charge in [-0.2, -0.15) is 26.3 Å². The fourth-order valence-electron chi connectivity index (χ4n) is 3.82. The van der Waals surface area contributed by atoms with Gasteiger partial charge in [0.1, 0.15) is 6.04 Å². The van der Waals surface area contributed by atoms with Crippen LogP contribution in [0.3, 0.4) is 0 Å². The molecule has 0 saturated carbocycles. The van der Waals surface area contributed by atoms with Crippen LogP contribution in [0.25, 0.3) is 0 Å². The first-order valence-corrected chi connectivity index (χ1v) is 12.0. The first-order valence-electron chi connectivity index (χ1n) is 10.1. The Bertz CT molecular complexity index is 1260. The van der Waals surface area contributed by atoms with Gasteiger partial charge in [0.25, 0.3) is 0 Å². The van der Waals surface area contributed by atoms with E-state index in [-0.39, 0.29) is 10.6 Å². The summed E-state index contributed by atoms with van der Waals surface area (Å²) in [6, 6.07) is 4.64. The van der Waals surface area contributed by atoms with E-state index in [1.165, 1.54) is 24.3 Å². The zero-order valence-corrected chi connectivity index (χ0v) is 19.5. The molecule has 0 radical (unpaired) electrons. The fourth-order valence-corrected chi connectivity index (χ4v) is 4.51. The molecule has 1 heterocycles. The normalized spacial score (nSPS) is 21.9. The van der Waals surface area contributed by atoms with Gasteiger partial charge < -0.3 is 19.7 Å². The number of amides is 1. The molecule has 0 bridgehead atoms. The lowest BCUT2D eigenvalue weighted by atomic mass is 9.99. The molecule has 198 valence electrons. The summed E-state index contributed by atoms with van der Waals surface area (Å²) >= 11 is 0. The molecule has 3 rings (SSSR count). The third-order valence-electron chi connectivity index (χ3n) is 5.63. The minimum absolute atomic E-state index is 0.0180. The minimum Gasteiger partial charge on any atom is -0.429 e. The number of methoxy groups -OCH3 is 1. The molecule has 2 aromatic carbocycles. The highest BCUT2D eigenvalue weighted by atomic mass is 32.2. The largest absolute Gasteiger partial charge is 0.429 e. The van der Waals surface area contributed by atoms with Gasteiger partial charge in [0.15, 0.2) is 17.2 Å². The zero-order valence-electron chi connectivity index (χ0n) is 18.7. The van der Waals surface area contributed by atoms with Crippen LogP contribution in [0.5, 0.6) is 5.75 Å². The summed E-state index contributed by atoms with van der Waals surface area (Å²) in [6.07, 6.45) is -4.96. The van der Waals surface area contributed by atoms with Crippen LogP contribution in [-0.2, 0) is 19.3 Å². The Morgan fingerprint density at radius 2 is 1.92 bits per heavy atom. The van der Waals surface area contributed by atoms with Crippen LogP contribution in [0.2, 0.25) is 0 Å². The van der Waals surface area contributed by atoms with Gasteiger partial charge in [-0.05, 0) is 30.3 Å². The SMILES string of the molecule is COC1(C(F)(F)F)CC(C(=O)Nc2cccc([S@](C)(=N)=O)c2)N(c2ccc(F)c(F)c2OC(F)F)C1. The number of carbonyl (C=O) groups is 1. The Morgan fingerprint density at radius 1 is 1.25 bits per heavy atom. The first-order chi connectivity index (χ1) is 16.6. The Hall–Kier alpha value is -3.07. The van der Waals surface area contributed by atoms with E-state index in [4.69, 9.17) is 9.52 Å². The number of alkyl halides is 5. The van der Waals surface area contributed by atoms with Crippen molar-refractivity contribution in [1.29, 1.82) is 4.78 Å². The Labute approximate surface area is 201 Å². The van der Waals surface area contributed by atoms with Crippen molar-refractivity contribution >= 4 is 27.0 Å². The van der Waals surface area contributed by atoms with Gasteiger partial charge in [-0.3, -0.25) is 4.79 Å². The van der Waals surface area contributed by atoms with E-state index in [1.54, 1.807) is 0 Å². The molecule has 1 fully saturated rings. The smallest absolute Gasteiger partial charge is 0.419 e. The van der Waals surface area contributed by atoms with Gasteiger partial charge in [0, 0.05) is 30.4 Å². The molecule has 2 unspecified atom stereocenters. The van der Waals surface area contributed by atoms with Crippen molar-refractivity contribution < 1.29 is 49.2 Å². The summed E-state index contributed by atoms with van der Waals surface area (Å²) in [5.41, 5.74) is -3.72. The number of hydrogen-bond donors (Lipinski definition) is 2. The molecule has 1 aliphatic heterocycles. The minimum atomic E-state index is -5.05. The fraction of sp³-hybridized carbons (Fsp3) is 0.381.